The van der Waals surface area contributed by atoms with Gasteiger partial charge in [-0.25, -0.2) is 0 Å². The highest BCUT2D eigenvalue weighted by atomic mass is 16.3. The monoisotopic (exact) mass is 233 g/mol. The third-order valence-corrected chi connectivity index (χ3v) is 2.75. The summed E-state index contributed by atoms with van der Waals surface area (Å²) in [6, 6.07) is 6.12. The Labute approximate surface area is 102 Å². The molecule has 0 bridgehead atoms. The van der Waals surface area contributed by atoms with Crippen molar-refractivity contribution in [3.63, 3.8) is 0 Å². The van der Waals surface area contributed by atoms with Crippen LogP contribution in [0.25, 0.3) is 0 Å². The van der Waals surface area contributed by atoms with Gasteiger partial charge in [0.05, 0.1) is 5.69 Å². The van der Waals surface area contributed by atoms with Gasteiger partial charge in [-0.2, -0.15) is 5.10 Å². The van der Waals surface area contributed by atoms with Crippen LogP contribution in [0.2, 0.25) is 0 Å². The number of aryl methyl sites for hydroxylation is 2. The number of nitrogens with zero attached hydrogens (tertiary/aromatic N) is 2. The smallest absolute Gasteiger partial charge is 0.127 e. The molecule has 0 saturated carbocycles. The van der Waals surface area contributed by atoms with Gasteiger partial charge < -0.3 is 9.73 Å². The van der Waals surface area contributed by atoms with Crippen LogP contribution in [-0.4, -0.2) is 16.3 Å². The maximum atomic E-state index is 5.80. The predicted octanol–water partition coefficient (Wildman–Crippen LogP) is 2.27. The molecule has 0 aromatic carbocycles. The average molecular weight is 233 g/mol. The minimum absolute atomic E-state index is 0.0431. The van der Waals surface area contributed by atoms with Crippen LogP contribution in [0.15, 0.2) is 28.8 Å². The number of rotatable bonds is 5. The van der Waals surface area contributed by atoms with E-state index in [1.165, 1.54) is 0 Å². The van der Waals surface area contributed by atoms with E-state index in [1.807, 2.05) is 36.1 Å². The molecule has 2 aromatic heterocycles. The van der Waals surface area contributed by atoms with Gasteiger partial charge in [0.1, 0.15) is 17.6 Å². The third kappa shape index (κ3) is 2.58. The second-order valence-electron chi connectivity index (χ2n) is 4.06. The van der Waals surface area contributed by atoms with Crippen LogP contribution in [0.5, 0.6) is 0 Å². The molecule has 0 spiro atoms. The first kappa shape index (κ1) is 11.9. The van der Waals surface area contributed by atoms with Gasteiger partial charge in [0, 0.05) is 19.7 Å². The molecule has 0 radical (unpaired) electrons. The summed E-state index contributed by atoms with van der Waals surface area (Å²) in [4.78, 5) is 0. The molecule has 0 aliphatic rings. The van der Waals surface area contributed by atoms with Gasteiger partial charge in [-0.3, -0.25) is 4.68 Å². The van der Waals surface area contributed by atoms with Crippen LogP contribution in [0.1, 0.15) is 37.1 Å². The van der Waals surface area contributed by atoms with Crippen molar-refractivity contribution in [3.8, 4) is 0 Å². The van der Waals surface area contributed by atoms with Crippen molar-refractivity contribution >= 4 is 0 Å². The highest BCUT2D eigenvalue weighted by Gasteiger charge is 2.18. The molecule has 0 aliphatic heterocycles. The molecular weight excluding hydrogens is 214 g/mol. The van der Waals surface area contributed by atoms with E-state index in [0.29, 0.717) is 0 Å². The minimum Gasteiger partial charge on any atom is -0.464 e. The van der Waals surface area contributed by atoms with Crippen LogP contribution >= 0.6 is 0 Å². The van der Waals surface area contributed by atoms with Crippen molar-refractivity contribution in [2.75, 3.05) is 6.54 Å². The van der Waals surface area contributed by atoms with Crippen LogP contribution in [0.3, 0.4) is 0 Å². The van der Waals surface area contributed by atoms with E-state index in [1.54, 1.807) is 0 Å². The summed E-state index contributed by atoms with van der Waals surface area (Å²) in [6.07, 6.45) is 2.87. The summed E-state index contributed by atoms with van der Waals surface area (Å²) < 4.78 is 7.61. The lowest BCUT2D eigenvalue weighted by Crippen LogP contribution is -2.22. The molecule has 2 heterocycles. The zero-order chi connectivity index (χ0) is 12.3. The molecule has 0 aliphatic carbocycles. The lowest BCUT2D eigenvalue weighted by Gasteiger charge is -2.12. The maximum Gasteiger partial charge on any atom is 0.127 e. The molecule has 0 saturated heterocycles. The molecular formula is C13H19N3O. The number of furan rings is 1. The lowest BCUT2D eigenvalue weighted by molar-refractivity contribution is 0.420. The van der Waals surface area contributed by atoms with E-state index in [0.717, 1.165) is 30.2 Å². The summed E-state index contributed by atoms with van der Waals surface area (Å²) in [5, 5.41) is 7.83. The van der Waals surface area contributed by atoms with Crippen LogP contribution in [0.4, 0.5) is 0 Å². The molecule has 0 amide bonds. The fourth-order valence-electron chi connectivity index (χ4n) is 1.88. The lowest BCUT2D eigenvalue weighted by atomic mass is 10.1. The third-order valence-electron chi connectivity index (χ3n) is 2.75. The first-order valence-corrected chi connectivity index (χ1v) is 6.06. The fraction of sp³-hybridized carbons (Fsp3) is 0.462. The van der Waals surface area contributed by atoms with Crippen LogP contribution in [0, 0.1) is 0 Å². The van der Waals surface area contributed by atoms with Gasteiger partial charge in [0.15, 0.2) is 0 Å². The summed E-state index contributed by atoms with van der Waals surface area (Å²) in [5.74, 6) is 1.95. The minimum atomic E-state index is 0.0431. The Morgan fingerprint density at radius 2 is 2.18 bits per heavy atom. The van der Waals surface area contributed by atoms with Crippen molar-refractivity contribution < 1.29 is 4.42 Å². The largest absolute Gasteiger partial charge is 0.464 e. The molecule has 2 aromatic rings. The van der Waals surface area contributed by atoms with Gasteiger partial charge in [-0.15, -0.1) is 0 Å². The first-order chi connectivity index (χ1) is 8.24. The molecule has 1 unspecified atom stereocenters. The van der Waals surface area contributed by atoms with Crippen LogP contribution < -0.4 is 5.32 Å². The Bertz CT molecular complexity index is 472. The highest BCUT2D eigenvalue weighted by molar-refractivity contribution is 5.20. The molecule has 4 heteroatoms. The zero-order valence-electron chi connectivity index (χ0n) is 10.6. The van der Waals surface area contributed by atoms with Gasteiger partial charge >= 0.3 is 0 Å². The summed E-state index contributed by atoms with van der Waals surface area (Å²) in [7, 11) is 1.92. The molecule has 92 valence electrons. The molecule has 1 N–H and O–H groups in total. The quantitative estimate of drug-likeness (QED) is 0.861. The summed E-state index contributed by atoms with van der Waals surface area (Å²) >= 11 is 0. The highest BCUT2D eigenvalue weighted by Crippen LogP contribution is 2.22. The van der Waals surface area contributed by atoms with Crippen molar-refractivity contribution in [2.45, 2.75) is 26.3 Å². The summed E-state index contributed by atoms with van der Waals surface area (Å²) in [5.41, 5.74) is 0.992. The molecule has 1 atom stereocenters. The second kappa shape index (κ2) is 5.19. The van der Waals surface area contributed by atoms with E-state index < -0.39 is 0 Å². The predicted molar refractivity (Wildman–Crippen MR) is 66.8 cm³/mol. The number of nitrogens with one attached hydrogen (secondary N) is 1. The van der Waals surface area contributed by atoms with E-state index >= 15 is 0 Å². The van der Waals surface area contributed by atoms with Gasteiger partial charge in [0.25, 0.3) is 0 Å². The van der Waals surface area contributed by atoms with Crippen molar-refractivity contribution in [1.82, 2.24) is 15.1 Å². The van der Waals surface area contributed by atoms with Gasteiger partial charge in [0.2, 0.25) is 0 Å². The topological polar surface area (TPSA) is 43.0 Å². The Morgan fingerprint density at radius 3 is 2.71 bits per heavy atom. The van der Waals surface area contributed by atoms with Gasteiger partial charge in [-0.05, 0) is 24.7 Å². The molecule has 0 fully saturated rings. The van der Waals surface area contributed by atoms with Crippen molar-refractivity contribution in [1.29, 1.82) is 0 Å². The molecule has 2 rings (SSSR count). The van der Waals surface area contributed by atoms with E-state index in [9.17, 15) is 0 Å². The van der Waals surface area contributed by atoms with E-state index in [2.05, 4.69) is 24.3 Å². The number of hydrogen-bond acceptors (Lipinski definition) is 3. The van der Waals surface area contributed by atoms with Crippen molar-refractivity contribution in [2.24, 2.45) is 7.05 Å². The maximum absolute atomic E-state index is 5.80. The van der Waals surface area contributed by atoms with E-state index in [4.69, 9.17) is 4.42 Å². The van der Waals surface area contributed by atoms with Crippen LogP contribution in [-0.2, 0) is 13.5 Å². The summed E-state index contributed by atoms with van der Waals surface area (Å²) in [6.45, 7) is 5.05. The fourth-order valence-corrected chi connectivity index (χ4v) is 1.88. The number of aromatic nitrogens is 2. The Hall–Kier alpha value is -1.55. The molecule has 17 heavy (non-hydrogen) atoms. The first-order valence-electron chi connectivity index (χ1n) is 6.06. The van der Waals surface area contributed by atoms with Gasteiger partial charge in [-0.1, -0.05) is 13.8 Å². The Balaban J connectivity index is 2.28. The Morgan fingerprint density at radius 1 is 1.35 bits per heavy atom. The number of hydrogen-bond donors (Lipinski definition) is 1. The average Bonchev–Trinajstić information content (AvgIpc) is 2.94. The zero-order valence-corrected chi connectivity index (χ0v) is 10.6. The normalized spacial score (nSPS) is 12.9. The van der Waals surface area contributed by atoms with Crippen molar-refractivity contribution in [3.05, 3.63) is 41.6 Å². The SMILES string of the molecule is CCNC(c1ccn(C)n1)c1ccc(CC)o1. The van der Waals surface area contributed by atoms with E-state index in [-0.39, 0.29) is 6.04 Å². The second-order valence-corrected chi connectivity index (χ2v) is 4.06. The Kier molecular flexibility index (Phi) is 3.64. The standard InChI is InChI=1S/C13H19N3O/c1-4-10-6-7-12(17-10)13(14-5-2)11-8-9-16(3)15-11/h6-9,13-14H,4-5H2,1-3H3. The molecule has 4 nitrogen and oxygen atoms in total.